The summed E-state index contributed by atoms with van der Waals surface area (Å²) in [6.45, 7) is 1.95. The Bertz CT molecular complexity index is 833. The summed E-state index contributed by atoms with van der Waals surface area (Å²) in [5.74, 6) is 1.75. The van der Waals surface area contributed by atoms with Crippen LogP contribution in [0.15, 0.2) is 36.4 Å². The number of aryl methyl sites for hydroxylation is 1. The van der Waals surface area contributed by atoms with E-state index < -0.39 is 0 Å². The number of benzene rings is 2. The average molecular weight is 300 g/mol. The van der Waals surface area contributed by atoms with Gasteiger partial charge in [-0.15, -0.1) is 0 Å². The van der Waals surface area contributed by atoms with E-state index in [9.17, 15) is 0 Å². The van der Waals surface area contributed by atoms with Crippen LogP contribution in [0.1, 0.15) is 5.56 Å². The Morgan fingerprint density at radius 2 is 1.90 bits per heavy atom. The summed E-state index contributed by atoms with van der Waals surface area (Å²) in [5, 5.41) is 1.50. The standard InChI is InChI=1S/C16H14ClN3O/c1-9-7-10(3-5-13(9)17)16-19-14-6-4-11(21-2)8-12(14)15(18)20-16/h3-8H,1-2H3,(H2,18,19,20). The molecule has 0 radical (unpaired) electrons. The molecule has 3 aromatic rings. The van der Waals surface area contributed by atoms with Crippen LogP contribution in [0.3, 0.4) is 0 Å². The number of rotatable bonds is 2. The molecule has 0 fully saturated rings. The molecule has 0 atom stereocenters. The van der Waals surface area contributed by atoms with Crippen molar-refractivity contribution in [3.05, 3.63) is 47.0 Å². The predicted octanol–water partition coefficient (Wildman–Crippen LogP) is 3.85. The lowest BCUT2D eigenvalue weighted by Crippen LogP contribution is -1.98. The molecule has 3 rings (SSSR count). The zero-order valence-corrected chi connectivity index (χ0v) is 12.5. The predicted molar refractivity (Wildman–Crippen MR) is 85.7 cm³/mol. The Kier molecular flexibility index (Phi) is 3.39. The molecule has 0 unspecified atom stereocenters. The quantitative estimate of drug-likeness (QED) is 0.781. The van der Waals surface area contributed by atoms with Gasteiger partial charge in [0.25, 0.3) is 0 Å². The van der Waals surface area contributed by atoms with Crippen molar-refractivity contribution in [2.24, 2.45) is 0 Å². The van der Waals surface area contributed by atoms with Crippen LogP contribution in [0, 0.1) is 6.92 Å². The molecular formula is C16H14ClN3O. The lowest BCUT2D eigenvalue weighted by Gasteiger charge is -2.08. The van der Waals surface area contributed by atoms with E-state index in [-0.39, 0.29) is 0 Å². The second-order valence-corrected chi connectivity index (χ2v) is 5.19. The first-order valence-electron chi connectivity index (χ1n) is 6.46. The zero-order valence-electron chi connectivity index (χ0n) is 11.7. The molecule has 21 heavy (non-hydrogen) atoms. The number of nitrogen functional groups attached to an aromatic ring is 1. The van der Waals surface area contributed by atoms with Gasteiger partial charge in [0.05, 0.1) is 12.6 Å². The summed E-state index contributed by atoms with van der Waals surface area (Å²) in [6, 6.07) is 11.2. The molecule has 4 nitrogen and oxygen atoms in total. The monoisotopic (exact) mass is 299 g/mol. The maximum absolute atomic E-state index is 6.05. The normalized spacial score (nSPS) is 10.8. The third-order valence-corrected chi connectivity index (χ3v) is 3.77. The van der Waals surface area contributed by atoms with Crippen molar-refractivity contribution in [3.63, 3.8) is 0 Å². The summed E-state index contributed by atoms with van der Waals surface area (Å²) in [7, 11) is 1.61. The smallest absolute Gasteiger partial charge is 0.162 e. The van der Waals surface area contributed by atoms with Crippen LogP contribution in [0.4, 0.5) is 5.82 Å². The molecule has 5 heteroatoms. The van der Waals surface area contributed by atoms with Gasteiger partial charge in [-0.05, 0) is 48.9 Å². The molecule has 1 heterocycles. The highest BCUT2D eigenvalue weighted by Gasteiger charge is 2.09. The number of hydrogen-bond acceptors (Lipinski definition) is 4. The molecular weight excluding hydrogens is 286 g/mol. The molecule has 0 aliphatic rings. The molecule has 2 aromatic carbocycles. The van der Waals surface area contributed by atoms with Crippen LogP contribution in [0.2, 0.25) is 5.02 Å². The van der Waals surface area contributed by atoms with Gasteiger partial charge in [-0.25, -0.2) is 9.97 Å². The minimum Gasteiger partial charge on any atom is -0.497 e. The van der Waals surface area contributed by atoms with E-state index in [1.54, 1.807) is 7.11 Å². The first kappa shape index (κ1) is 13.6. The van der Waals surface area contributed by atoms with Crippen LogP contribution in [0.5, 0.6) is 5.75 Å². The molecule has 0 saturated carbocycles. The fourth-order valence-electron chi connectivity index (χ4n) is 2.17. The Hall–Kier alpha value is -2.33. The first-order chi connectivity index (χ1) is 10.1. The summed E-state index contributed by atoms with van der Waals surface area (Å²) < 4.78 is 5.20. The van der Waals surface area contributed by atoms with Crippen LogP contribution < -0.4 is 10.5 Å². The summed E-state index contributed by atoms with van der Waals surface area (Å²) in [4.78, 5) is 8.95. The van der Waals surface area contributed by atoms with Gasteiger partial charge in [0.2, 0.25) is 0 Å². The van der Waals surface area contributed by atoms with E-state index in [1.165, 1.54) is 0 Å². The third-order valence-electron chi connectivity index (χ3n) is 3.35. The fraction of sp³-hybridized carbons (Fsp3) is 0.125. The Labute approximate surface area is 127 Å². The minimum atomic E-state index is 0.432. The van der Waals surface area contributed by atoms with Crippen molar-refractivity contribution in [3.8, 4) is 17.1 Å². The Morgan fingerprint density at radius 3 is 2.62 bits per heavy atom. The number of methoxy groups -OCH3 is 1. The van der Waals surface area contributed by atoms with Crippen LogP contribution in [0.25, 0.3) is 22.3 Å². The van der Waals surface area contributed by atoms with Gasteiger partial charge in [0.1, 0.15) is 11.6 Å². The summed E-state index contributed by atoms with van der Waals surface area (Å²) in [6.07, 6.45) is 0. The van der Waals surface area contributed by atoms with E-state index in [1.807, 2.05) is 43.3 Å². The van der Waals surface area contributed by atoms with Crippen molar-refractivity contribution >= 4 is 28.3 Å². The average Bonchev–Trinajstić information content (AvgIpc) is 2.49. The van der Waals surface area contributed by atoms with Crippen molar-refractivity contribution < 1.29 is 4.74 Å². The summed E-state index contributed by atoms with van der Waals surface area (Å²) >= 11 is 6.05. The number of halogens is 1. The topological polar surface area (TPSA) is 61.0 Å². The van der Waals surface area contributed by atoms with E-state index in [4.69, 9.17) is 22.1 Å². The fourth-order valence-corrected chi connectivity index (χ4v) is 2.29. The van der Waals surface area contributed by atoms with Crippen LogP contribution in [-0.2, 0) is 0 Å². The number of fused-ring (bicyclic) bond motifs is 1. The van der Waals surface area contributed by atoms with E-state index in [2.05, 4.69) is 9.97 Å². The van der Waals surface area contributed by atoms with Crippen molar-refractivity contribution in [1.82, 2.24) is 9.97 Å². The molecule has 2 N–H and O–H groups in total. The van der Waals surface area contributed by atoms with Gasteiger partial charge in [-0.2, -0.15) is 0 Å². The second-order valence-electron chi connectivity index (χ2n) is 4.78. The van der Waals surface area contributed by atoms with Crippen LogP contribution in [-0.4, -0.2) is 17.1 Å². The van der Waals surface area contributed by atoms with Crippen molar-refractivity contribution in [2.45, 2.75) is 6.92 Å². The van der Waals surface area contributed by atoms with Crippen molar-refractivity contribution in [2.75, 3.05) is 12.8 Å². The molecule has 0 aliphatic heterocycles. The molecule has 1 aromatic heterocycles. The Balaban J connectivity index is 2.18. The van der Waals surface area contributed by atoms with Gasteiger partial charge in [0.15, 0.2) is 5.82 Å². The number of ether oxygens (including phenoxy) is 1. The maximum Gasteiger partial charge on any atom is 0.162 e. The molecule has 0 saturated heterocycles. The number of aromatic nitrogens is 2. The lowest BCUT2D eigenvalue weighted by atomic mass is 10.1. The molecule has 0 bridgehead atoms. The molecule has 0 spiro atoms. The first-order valence-corrected chi connectivity index (χ1v) is 6.84. The van der Waals surface area contributed by atoms with Gasteiger partial charge in [0, 0.05) is 16.0 Å². The molecule has 0 amide bonds. The largest absolute Gasteiger partial charge is 0.497 e. The maximum atomic E-state index is 6.05. The SMILES string of the molecule is COc1ccc2nc(-c3ccc(Cl)c(C)c3)nc(N)c2c1. The zero-order chi connectivity index (χ0) is 15.0. The summed E-state index contributed by atoms with van der Waals surface area (Å²) in [5.41, 5.74) is 8.70. The highest BCUT2D eigenvalue weighted by molar-refractivity contribution is 6.31. The van der Waals surface area contributed by atoms with Gasteiger partial charge in [-0.3, -0.25) is 0 Å². The Morgan fingerprint density at radius 1 is 1.10 bits per heavy atom. The van der Waals surface area contributed by atoms with Crippen molar-refractivity contribution in [1.29, 1.82) is 0 Å². The minimum absolute atomic E-state index is 0.432. The van der Waals surface area contributed by atoms with Gasteiger partial charge >= 0.3 is 0 Å². The third kappa shape index (κ3) is 2.50. The van der Waals surface area contributed by atoms with Crippen LogP contribution >= 0.6 is 11.6 Å². The highest BCUT2D eigenvalue weighted by Crippen LogP contribution is 2.28. The van der Waals surface area contributed by atoms with Gasteiger partial charge in [-0.1, -0.05) is 11.6 Å². The number of anilines is 1. The number of nitrogens with zero attached hydrogens (tertiary/aromatic N) is 2. The van der Waals surface area contributed by atoms with E-state index in [0.717, 1.165) is 32.8 Å². The number of nitrogens with two attached hydrogens (primary N) is 1. The van der Waals surface area contributed by atoms with E-state index >= 15 is 0 Å². The van der Waals surface area contributed by atoms with E-state index in [0.29, 0.717) is 11.6 Å². The number of hydrogen-bond donors (Lipinski definition) is 1. The molecule has 0 aliphatic carbocycles. The second kappa shape index (κ2) is 5.22. The highest BCUT2D eigenvalue weighted by atomic mass is 35.5. The van der Waals surface area contributed by atoms with Gasteiger partial charge < -0.3 is 10.5 Å². The molecule has 106 valence electrons. The lowest BCUT2D eigenvalue weighted by molar-refractivity contribution is 0.415.